The molecule has 1 aliphatic heterocycles. The summed E-state index contributed by atoms with van der Waals surface area (Å²) in [7, 11) is 0. The predicted octanol–water partition coefficient (Wildman–Crippen LogP) is 0.00630. The summed E-state index contributed by atoms with van der Waals surface area (Å²) < 4.78 is 5.32. The molecule has 1 heterocycles. The summed E-state index contributed by atoms with van der Waals surface area (Å²) in [6.07, 6.45) is 0.842. The maximum atomic E-state index is 12.1. The highest BCUT2D eigenvalue weighted by molar-refractivity contribution is 6.01. The second-order valence-electron chi connectivity index (χ2n) is 3.92. The van der Waals surface area contributed by atoms with Crippen LogP contribution in [0.3, 0.4) is 0 Å². The molecule has 0 aromatic heterocycles. The van der Waals surface area contributed by atoms with Crippen molar-refractivity contribution in [3.63, 3.8) is 0 Å². The van der Waals surface area contributed by atoms with Crippen LogP contribution in [-0.4, -0.2) is 47.7 Å². The van der Waals surface area contributed by atoms with Crippen molar-refractivity contribution in [1.82, 2.24) is 4.90 Å². The summed E-state index contributed by atoms with van der Waals surface area (Å²) in [5.41, 5.74) is 5.43. The minimum atomic E-state index is -0.586. The van der Waals surface area contributed by atoms with Gasteiger partial charge >= 0.3 is 0 Å². The molecule has 0 bridgehead atoms. The van der Waals surface area contributed by atoms with Gasteiger partial charge in [-0.1, -0.05) is 12.1 Å². The first-order chi connectivity index (χ1) is 7.61. The summed E-state index contributed by atoms with van der Waals surface area (Å²) in [5.74, 6) is -0.742. The number of nitrogens with two attached hydrogens (primary N) is 1. The van der Waals surface area contributed by atoms with E-state index < -0.39 is 5.92 Å². The van der Waals surface area contributed by atoms with Crippen LogP contribution in [0.1, 0.15) is 20.3 Å². The van der Waals surface area contributed by atoms with Crippen molar-refractivity contribution in [3.8, 4) is 0 Å². The molecule has 0 aromatic carbocycles. The Hall–Kier alpha value is -1.30. The van der Waals surface area contributed by atoms with Gasteiger partial charge in [-0.15, -0.1) is 0 Å². The van der Waals surface area contributed by atoms with E-state index in [0.717, 1.165) is 6.42 Å². The van der Waals surface area contributed by atoms with E-state index in [1.54, 1.807) is 11.8 Å². The Morgan fingerprint density at radius 1 is 1.75 bits per heavy atom. The van der Waals surface area contributed by atoms with Gasteiger partial charge in [0.2, 0.25) is 5.91 Å². The van der Waals surface area contributed by atoms with E-state index in [2.05, 4.69) is 5.16 Å². The third-order valence-electron chi connectivity index (χ3n) is 2.91. The van der Waals surface area contributed by atoms with Crippen molar-refractivity contribution in [3.05, 3.63) is 0 Å². The minimum absolute atomic E-state index is 0.0497. The Morgan fingerprint density at radius 3 is 3.00 bits per heavy atom. The third-order valence-corrected chi connectivity index (χ3v) is 2.91. The molecule has 0 aromatic rings. The number of hydrogen-bond donors (Lipinski definition) is 2. The fourth-order valence-electron chi connectivity index (χ4n) is 1.75. The normalized spacial score (nSPS) is 24.2. The zero-order valence-corrected chi connectivity index (χ0v) is 9.72. The summed E-state index contributed by atoms with van der Waals surface area (Å²) in [6.45, 7) is 5.32. The summed E-state index contributed by atoms with van der Waals surface area (Å²) in [6, 6.07) is 0.0928. The topological polar surface area (TPSA) is 88.2 Å². The molecule has 0 saturated carbocycles. The third kappa shape index (κ3) is 2.63. The van der Waals surface area contributed by atoms with E-state index >= 15 is 0 Å². The molecule has 2 unspecified atom stereocenters. The first-order valence-corrected chi connectivity index (χ1v) is 5.47. The molecule has 0 radical (unpaired) electrons. The van der Waals surface area contributed by atoms with Gasteiger partial charge in [-0.25, -0.2) is 0 Å². The number of nitrogens with zero attached hydrogens (tertiary/aromatic N) is 2. The molecule has 0 aliphatic carbocycles. The second kappa shape index (κ2) is 5.69. The molecule has 16 heavy (non-hydrogen) atoms. The lowest BCUT2D eigenvalue weighted by molar-refractivity contribution is -0.141. The summed E-state index contributed by atoms with van der Waals surface area (Å²) >= 11 is 0. The smallest absolute Gasteiger partial charge is 0.233 e. The molecular formula is C10H19N3O3. The first kappa shape index (κ1) is 12.8. The Balaban J connectivity index is 2.70. The molecular weight excluding hydrogens is 210 g/mol. The van der Waals surface area contributed by atoms with Crippen LogP contribution in [0.25, 0.3) is 0 Å². The molecule has 6 heteroatoms. The van der Waals surface area contributed by atoms with E-state index in [9.17, 15) is 4.79 Å². The van der Waals surface area contributed by atoms with Gasteiger partial charge in [-0.2, -0.15) is 0 Å². The molecule has 1 saturated heterocycles. The molecule has 1 aliphatic rings. The van der Waals surface area contributed by atoms with Gasteiger partial charge in [0.15, 0.2) is 5.84 Å². The van der Waals surface area contributed by atoms with Crippen LogP contribution in [0.2, 0.25) is 0 Å². The van der Waals surface area contributed by atoms with E-state index in [4.69, 9.17) is 15.7 Å². The lowest BCUT2D eigenvalue weighted by Gasteiger charge is -2.36. The predicted molar refractivity (Wildman–Crippen MR) is 59.2 cm³/mol. The van der Waals surface area contributed by atoms with Crippen LogP contribution in [-0.2, 0) is 9.53 Å². The maximum absolute atomic E-state index is 12.1. The van der Waals surface area contributed by atoms with Gasteiger partial charge in [0.1, 0.15) is 0 Å². The standard InChI is InChI=1S/C10H19N3O3/c1-3-8-6-16-5-4-13(8)10(14)7(2)9(11)12-15/h7-8,15H,3-6H2,1-2H3,(H2,11,12). The lowest BCUT2D eigenvalue weighted by atomic mass is 10.1. The van der Waals surface area contributed by atoms with Gasteiger partial charge in [0.25, 0.3) is 0 Å². The Bertz CT molecular complexity index is 280. The van der Waals surface area contributed by atoms with Crippen LogP contribution >= 0.6 is 0 Å². The molecule has 1 amide bonds. The van der Waals surface area contributed by atoms with E-state index in [-0.39, 0.29) is 17.8 Å². The van der Waals surface area contributed by atoms with Gasteiger partial charge < -0.3 is 20.6 Å². The fraction of sp³-hybridized carbons (Fsp3) is 0.800. The average molecular weight is 229 g/mol. The number of carbonyl (C=O) groups excluding carboxylic acids is 1. The number of morpholine rings is 1. The first-order valence-electron chi connectivity index (χ1n) is 5.47. The van der Waals surface area contributed by atoms with Crippen LogP contribution in [0.15, 0.2) is 5.16 Å². The number of carbonyl (C=O) groups is 1. The van der Waals surface area contributed by atoms with Crippen molar-refractivity contribution in [1.29, 1.82) is 0 Å². The number of amides is 1. The van der Waals surface area contributed by atoms with Crippen molar-refractivity contribution in [2.75, 3.05) is 19.8 Å². The highest BCUT2D eigenvalue weighted by Gasteiger charge is 2.30. The lowest BCUT2D eigenvalue weighted by Crippen LogP contribution is -2.51. The molecule has 0 spiro atoms. The number of hydrogen-bond acceptors (Lipinski definition) is 4. The summed E-state index contributed by atoms with van der Waals surface area (Å²) in [4.78, 5) is 13.8. The average Bonchev–Trinajstić information content (AvgIpc) is 2.35. The largest absolute Gasteiger partial charge is 0.409 e. The monoisotopic (exact) mass is 229 g/mol. The quantitative estimate of drug-likeness (QED) is 0.309. The van der Waals surface area contributed by atoms with Crippen molar-refractivity contribution in [2.24, 2.45) is 16.8 Å². The Kier molecular flexibility index (Phi) is 4.54. The highest BCUT2D eigenvalue weighted by atomic mass is 16.5. The summed E-state index contributed by atoms with van der Waals surface area (Å²) in [5, 5.41) is 11.4. The van der Waals surface area contributed by atoms with Crippen molar-refractivity contribution < 1.29 is 14.7 Å². The van der Waals surface area contributed by atoms with Crippen LogP contribution < -0.4 is 5.73 Å². The Morgan fingerprint density at radius 2 is 2.44 bits per heavy atom. The highest BCUT2D eigenvalue weighted by Crippen LogP contribution is 2.14. The Labute approximate surface area is 95.0 Å². The van der Waals surface area contributed by atoms with Crippen molar-refractivity contribution >= 4 is 11.7 Å². The number of amidine groups is 1. The molecule has 2 atom stereocenters. The molecule has 92 valence electrons. The molecule has 6 nitrogen and oxygen atoms in total. The maximum Gasteiger partial charge on any atom is 0.233 e. The van der Waals surface area contributed by atoms with E-state index in [1.807, 2.05) is 6.92 Å². The number of ether oxygens (including phenoxy) is 1. The van der Waals surface area contributed by atoms with Gasteiger partial charge in [-0.3, -0.25) is 4.79 Å². The zero-order valence-electron chi connectivity index (χ0n) is 9.72. The van der Waals surface area contributed by atoms with Gasteiger partial charge in [-0.05, 0) is 13.3 Å². The van der Waals surface area contributed by atoms with Crippen molar-refractivity contribution in [2.45, 2.75) is 26.3 Å². The number of rotatable bonds is 3. The second-order valence-corrected chi connectivity index (χ2v) is 3.92. The van der Waals surface area contributed by atoms with E-state index in [0.29, 0.717) is 19.8 Å². The fourth-order valence-corrected chi connectivity index (χ4v) is 1.75. The zero-order chi connectivity index (χ0) is 12.1. The molecule has 3 N–H and O–H groups in total. The van der Waals surface area contributed by atoms with Crippen LogP contribution in [0.4, 0.5) is 0 Å². The molecule has 1 fully saturated rings. The van der Waals surface area contributed by atoms with Crippen LogP contribution in [0.5, 0.6) is 0 Å². The van der Waals surface area contributed by atoms with Gasteiger partial charge in [0.05, 0.1) is 25.2 Å². The van der Waals surface area contributed by atoms with E-state index in [1.165, 1.54) is 0 Å². The van der Waals surface area contributed by atoms with Gasteiger partial charge in [0, 0.05) is 6.54 Å². The molecule has 1 rings (SSSR count). The minimum Gasteiger partial charge on any atom is -0.409 e. The number of oxime groups is 1. The van der Waals surface area contributed by atoms with Crippen LogP contribution in [0, 0.1) is 5.92 Å². The SMILES string of the molecule is CCC1COCCN1C(=O)C(C)C(N)=NO.